The Morgan fingerprint density at radius 1 is 1.28 bits per heavy atom. The van der Waals surface area contributed by atoms with Crippen LogP contribution in [0.1, 0.15) is 37.7 Å². The van der Waals surface area contributed by atoms with Crippen molar-refractivity contribution in [1.29, 1.82) is 0 Å². The van der Waals surface area contributed by atoms with E-state index >= 15 is 0 Å². The molecule has 1 heterocycles. The molecule has 1 aliphatic carbocycles. The van der Waals surface area contributed by atoms with Crippen LogP contribution in [-0.2, 0) is 0 Å². The van der Waals surface area contributed by atoms with Gasteiger partial charge in [0.1, 0.15) is 0 Å². The molecular weight excluding hydrogens is 260 g/mol. The molecule has 1 saturated carbocycles. The highest BCUT2D eigenvalue weighted by Crippen LogP contribution is 2.30. The van der Waals surface area contributed by atoms with Crippen LogP contribution in [0.3, 0.4) is 0 Å². The highest BCUT2D eigenvalue weighted by Gasteiger charge is 2.14. The van der Waals surface area contributed by atoms with Crippen LogP contribution in [0.25, 0.3) is 10.2 Å². The van der Waals surface area contributed by atoms with Crippen LogP contribution < -0.4 is 4.72 Å². The van der Waals surface area contributed by atoms with E-state index in [4.69, 9.17) is 0 Å². The second-order valence-corrected chi connectivity index (χ2v) is 7.12. The first-order chi connectivity index (χ1) is 8.81. The Hall–Kier alpha value is -0.580. The summed E-state index contributed by atoms with van der Waals surface area (Å²) in [6, 6.07) is 7.15. The number of fused-ring (bicyclic) bond motifs is 1. The number of nitrogens with one attached hydrogen (secondary N) is 1. The van der Waals surface area contributed by atoms with E-state index in [1.165, 1.54) is 42.4 Å². The van der Waals surface area contributed by atoms with Crippen LogP contribution in [0.15, 0.2) is 22.5 Å². The maximum atomic E-state index is 4.66. The van der Waals surface area contributed by atoms with Gasteiger partial charge in [-0.1, -0.05) is 25.3 Å². The molecule has 1 fully saturated rings. The minimum atomic E-state index is 0.678. The summed E-state index contributed by atoms with van der Waals surface area (Å²) in [5, 5.41) is 0. The SMILES string of the molecule is Cc1ccc2nc(SNC3CCCCC3)sc2c1. The number of aromatic nitrogens is 1. The van der Waals surface area contributed by atoms with E-state index in [9.17, 15) is 0 Å². The third-order valence-corrected chi connectivity index (χ3v) is 5.47. The molecule has 4 heteroatoms. The summed E-state index contributed by atoms with van der Waals surface area (Å²) in [5.41, 5.74) is 2.43. The predicted molar refractivity (Wildman–Crippen MR) is 80.2 cm³/mol. The summed E-state index contributed by atoms with van der Waals surface area (Å²) in [6.07, 6.45) is 6.78. The van der Waals surface area contributed by atoms with Crippen molar-refractivity contribution in [2.75, 3.05) is 0 Å². The van der Waals surface area contributed by atoms with Crippen LogP contribution >= 0.6 is 23.3 Å². The summed E-state index contributed by atoms with van der Waals surface area (Å²) in [6.45, 7) is 2.13. The Morgan fingerprint density at radius 2 is 2.11 bits per heavy atom. The van der Waals surface area contributed by atoms with Crippen molar-refractivity contribution in [1.82, 2.24) is 9.71 Å². The van der Waals surface area contributed by atoms with Gasteiger partial charge < -0.3 is 0 Å². The van der Waals surface area contributed by atoms with Gasteiger partial charge >= 0.3 is 0 Å². The van der Waals surface area contributed by atoms with Gasteiger partial charge in [-0.15, -0.1) is 11.3 Å². The quantitative estimate of drug-likeness (QED) is 0.835. The molecule has 1 N–H and O–H groups in total. The normalized spacial score (nSPS) is 17.4. The van der Waals surface area contributed by atoms with Crippen molar-refractivity contribution in [3.8, 4) is 0 Å². The van der Waals surface area contributed by atoms with E-state index in [1.54, 1.807) is 23.3 Å². The summed E-state index contributed by atoms with van der Waals surface area (Å²) < 4.78 is 6.01. The average Bonchev–Trinajstić information content (AvgIpc) is 2.79. The van der Waals surface area contributed by atoms with Gasteiger partial charge in [-0.25, -0.2) is 4.98 Å². The van der Waals surface area contributed by atoms with E-state index < -0.39 is 0 Å². The lowest BCUT2D eigenvalue weighted by Crippen LogP contribution is -2.25. The first-order valence-corrected chi connectivity index (χ1v) is 8.24. The molecule has 0 unspecified atom stereocenters. The second kappa shape index (κ2) is 5.59. The summed E-state index contributed by atoms with van der Waals surface area (Å²) in [4.78, 5) is 4.66. The molecule has 0 amide bonds. The molecule has 2 aromatic rings. The molecule has 0 spiro atoms. The van der Waals surface area contributed by atoms with Gasteiger partial charge in [0, 0.05) is 6.04 Å². The topological polar surface area (TPSA) is 24.9 Å². The first-order valence-electron chi connectivity index (χ1n) is 6.61. The highest BCUT2D eigenvalue weighted by atomic mass is 32.2. The minimum absolute atomic E-state index is 0.678. The van der Waals surface area contributed by atoms with Crippen molar-refractivity contribution < 1.29 is 0 Å². The molecule has 96 valence electrons. The number of hydrogen-bond donors (Lipinski definition) is 1. The highest BCUT2D eigenvalue weighted by molar-refractivity contribution is 7.99. The van der Waals surface area contributed by atoms with Gasteiger partial charge in [0.2, 0.25) is 0 Å². The largest absolute Gasteiger partial charge is 0.255 e. The van der Waals surface area contributed by atoms with E-state index in [2.05, 4.69) is 34.8 Å². The number of thiazole rings is 1. The van der Waals surface area contributed by atoms with Crippen LogP contribution in [0.5, 0.6) is 0 Å². The molecular formula is C14H18N2S2. The summed E-state index contributed by atoms with van der Waals surface area (Å²) in [5.74, 6) is 0. The molecule has 0 atom stereocenters. The molecule has 0 saturated heterocycles. The summed E-state index contributed by atoms with van der Waals surface area (Å²) in [7, 11) is 0. The molecule has 0 radical (unpaired) electrons. The van der Waals surface area contributed by atoms with Crippen LogP contribution in [0.2, 0.25) is 0 Å². The molecule has 3 rings (SSSR count). The third kappa shape index (κ3) is 2.87. The zero-order valence-electron chi connectivity index (χ0n) is 10.6. The van der Waals surface area contributed by atoms with Crippen LogP contribution in [0, 0.1) is 6.92 Å². The monoisotopic (exact) mass is 278 g/mol. The fourth-order valence-corrected chi connectivity index (χ4v) is 4.43. The fourth-order valence-electron chi connectivity index (χ4n) is 2.41. The van der Waals surface area contributed by atoms with Gasteiger partial charge in [-0.3, -0.25) is 4.72 Å². The number of nitrogens with zero attached hydrogens (tertiary/aromatic N) is 1. The predicted octanol–water partition coefficient (Wildman–Crippen LogP) is 4.53. The van der Waals surface area contributed by atoms with Crippen molar-refractivity contribution in [3.63, 3.8) is 0 Å². The third-order valence-electron chi connectivity index (χ3n) is 3.44. The maximum Gasteiger partial charge on any atom is 0.166 e. The van der Waals surface area contributed by atoms with Gasteiger partial charge in [0.05, 0.1) is 10.2 Å². The number of aryl methyl sites for hydroxylation is 1. The Balaban J connectivity index is 1.67. The van der Waals surface area contributed by atoms with Gasteiger partial charge in [0.15, 0.2) is 4.34 Å². The van der Waals surface area contributed by atoms with E-state index in [1.807, 2.05) is 0 Å². The Bertz CT molecular complexity index is 530. The Morgan fingerprint density at radius 3 is 2.94 bits per heavy atom. The molecule has 1 aromatic heterocycles. The Kier molecular flexibility index (Phi) is 3.87. The maximum absolute atomic E-state index is 4.66. The van der Waals surface area contributed by atoms with Gasteiger partial charge in [-0.2, -0.15) is 0 Å². The second-order valence-electron chi connectivity index (χ2n) is 5.01. The van der Waals surface area contributed by atoms with Crippen molar-refractivity contribution in [2.45, 2.75) is 49.4 Å². The lowest BCUT2D eigenvalue weighted by atomic mass is 9.96. The number of hydrogen-bond acceptors (Lipinski definition) is 4. The van der Waals surface area contributed by atoms with Gasteiger partial charge in [0.25, 0.3) is 0 Å². The molecule has 1 aromatic carbocycles. The standard InChI is InChI=1S/C14H18N2S2/c1-10-7-8-12-13(9-10)17-14(15-12)18-16-11-5-3-2-4-6-11/h7-9,11,16H,2-6H2,1H3. The lowest BCUT2D eigenvalue weighted by Gasteiger charge is -2.21. The van der Waals surface area contributed by atoms with Crippen LogP contribution in [-0.4, -0.2) is 11.0 Å². The van der Waals surface area contributed by atoms with E-state index in [-0.39, 0.29) is 0 Å². The van der Waals surface area contributed by atoms with Crippen molar-refractivity contribution in [2.24, 2.45) is 0 Å². The van der Waals surface area contributed by atoms with Crippen molar-refractivity contribution >= 4 is 33.5 Å². The zero-order valence-corrected chi connectivity index (χ0v) is 12.2. The number of benzene rings is 1. The molecule has 1 aliphatic rings. The van der Waals surface area contributed by atoms with E-state index in [0.29, 0.717) is 6.04 Å². The summed E-state index contributed by atoms with van der Waals surface area (Å²) >= 11 is 3.51. The molecule has 0 aliphatic heterocycles. The lowest BCUT2D eigenvalue weighted by molar-refractivity contribution is 0.423. The van der Waals surface area contributed by atoms with Crippen LogP contribution in [0.4, 0.5) is 0 Å². The van der Waals surface area contributed by atoms with Crippen molar-refractivity contribution in [3.05, 3.63) is 23.8 Å². The number of rotatable bonds is 3. The Labute approximate surface area is 116 Å². The fraction of sp³-hybridized carbons (Fsp3) is 0.500. The van der Waals surface area contributed by atoms with E-state index in [0.717, 1.165) is 9.86 Å². The minimum Gasteiger partial charge on any atom is -0.255 e. The van der Waals surface area contributed by atoms with Gasteiger partial charge in [-0.05, 0) is 49.4 Å². The molecule has 18 heavy (non-hydrogen) atoms. The smallest absolute Gasteiger partial charge is 0.166 e. The first kappa shape index (κ1) is 12.5. The average molecular weight is 278 g/mol. The zero-order chi connectivity index (χ0) is 12.4. The molecule has 2 nitrogen and oxygen atoms in total. The molecule has 0 bridgehead atoms.